The number of aromatic nitrogens is 5. The minimum Gasteiger partial charge on any atom is -0.342 e. The largest absolute Gasteiger partial charge is 0.342 e. The number of amides is 1. The van der Waals surface area contributed by atoms with Gasteiger partial charge in [0.25, 0.3) is 5.91 Å². The van der Waals surface area contributed by atoms with Gasteiger partial charge in [-0.15, -0.1) is 0 Å². The van der Waals surface area contributed by atoms with Crippen LogP contribution >= 0.6 is 0 Å². The molecule has 3 heterocycles. The summed E-state index contributed by atoms with van der Waals surface area (Å²) in [7, 11) is 0. The first-order chi connectivity index (χ1) is 10.7. The Morgan fingerprint density at radius 3 is 2.73 bits per heavy atom. The Bertz CT molecular complexity index is 756. The third kappa shape index (κ3) is 2.98. The van der Waals surface area contributed by atoms with Gasteiger partial charge >= 0.3 is 0 Å². The molecule has 3 aromatic heterocycles. The van der Waals surface area contributed by atoms with E-state index < -0.39 is 0 Å². The van der Waals surface area contributed by atoms with Crippen LogP contribution in [0.3, 0.4) is 0 Å². The van der Waals surface area contributed by atoms with Gasteiger partial charge in [0.15, 0.2) is 5.82 Å². The monoisotopic (exact) mass is 294 g/mol. The van der Waals surface area contributed by atoms with Crippen molar-refractivity contribution in [3.63, 3.8) is 0 Å². The van der Waals surface area contributed by atoms with Crippen molar-refractivity contribution in [2.24, 2.45) is 0 Å². The highest BCUT2D eigenvalue weighted by atomic mass is 16.1. The van der Waals surface area contributed by atoms with Gasteiger partial charge in [0.2, 0.25) is 0 Å². The lowest BCUT2D eigenvalue weighted by atomic mass is 10.2. The maximum absolute atomic E-state index is 12.1. The van der Waals surface area contributed by atoms with Crippen molar-refractivity contribution in [2.45, 2.75) is 13.0 Å². The van der Waals surface area contributed by atoms with Gasteiger partial charge in [-0.3, -0.25) is 19.9 Å². The molecule has 0 radical (unpaired) electrons. The summed E-state index contributed by atoms with van der Waals surface area (Å²) in [6, 6.07) is 6.78. The zero-order valence-corrected chi connectivity index (χ0v) is 11.9. The quantitative estimate of drug-likeness (QED) is 0.764. The number of hydrogen-bond acceptors (Lipinski definition) is 5. The van der Waals surface area contributed by atoms with E-state index in [1.807, 2.05) is 19.1 Å². The van der Waals surface area contributed by atoms with Crippen LogP contribution in [0.15, 0.2) is 49.1 Å². The average molecular weight is 294 g/mol. The predicted octanol–water partition coefficient (Wildman–Crippen LogP) is 1.75. The maximum atomic E-state index is 12.1. The Labute approximate surface area is 126 Å². The standard InChI is InChI=1S/C15H14N6O/c1-10(18-15(22)12-3-2-6-17-9-12)13-19-14(21-20-13)11-4-7-16-8-5-11/h2-10H,1H3,(H,18,22)(H,19,20,21). The normalized spacial score (nSPS) is 11.9. The van der Waals surface area contributed by atoms with Gasteiger partial charge in [-0.1, -0.05) is 0 Å². The molecule has 0 aliphatic carbocycles. The molecular formula is C15H14N6O. The Balaban J connectivity index is 1.72. The number of hydrogen-bond donors (Lipinski definition) is 2. The number of rotatable bonds is 4. The molecule has 0 fully saturated rings. The molecule has 3 rings (SSSR count). The minimum atomic E-state index is -0.296. The lowest BCUT2D eigenvalue weighted by Gasteiger charge is -2.10. The zero-order chi connectivity index (χ0) is 15.4. The number of pyridine rings is 2. The van der Waals surface area contributed by atoms with Crippen LogP contribution in [0.1, 0.15) is 29.1 Å². The molecule has 110 valence electrons. The summed E-state index contributed by atoms with van der Waals surface area (Å²) in [5.74, 6) is 0.950. The minimum absolute atomic E-state index is 0.206. The van der Waals surface area contributed by atoms with Gasteiger partial charge in [0.1, 0.15) is 5.82 Å². The molecule has 2 N–H and O–H groups in total. The van der Waals surface area contributed by atoms with Crippen molar-refractivity contribution in [1.29, 1.82) is 0 Å². The van der Waals surface area contributed by atoms with Gasteiger partial charge in [-0.25, -0.2) is 4.98 Å². The van der Waals surface area contributed by atoms with Gasteiger partial charge in [0, 0.05) is 30.4 Å². The molecule has 1 amide bonds. The number of aromatic amines is 1. The van der Waals surface area contributed by atoms with Crippen LogP contribution in [-0.4, -0.2) is 31.1 Å². The molecule has 22 heavy (non-hydrogen) atoms. The van der Waals surface area contributed by atoms with Crippen LogP contribution in [0, 0.1) is 0 Å². The fraction of sp³-hybridized carbons (Fsp3) is 0.133. The summed E-state index contributed by atoms with van der Waals surface area (Å²) in [4.78, 5) is 24.4. The first-order valence-corrected chi connectivity index (χ1v) is 6.77. The third-order valence-corrected chi connectivity index (χ3v) is 3.12. The second kappa shape index (κ2) is 6.13. The van der Waals surface area contributed by atoms with Gasteiger partial charge in [0.05, 0.1) is 11.6 Å². The topological polar surface area (TPSA) is 96.5 Å². The van der Waals surface area contributed by atoms with Crippen molar-refractivity contribution in [3.05, 3.63) is 60.4 Å². The highest BCUT2D eigenvalue weighted by Gasteiger charge is 2.15. The molecule has 0 aliphatic heterocycles. The average Bonchev–Trinajstić information content (AvgIpc) is 3.06. The highest BCUT2D eigenvalue weighted by Crippen LogP contribution is 2.15. The molecule has 7 nitrogen and oxygen atoms in total. The molecule has 0 spiro atoms. The second-order valence-corrected chi connectivity index (χ2v) is 4.72. The number of H-pyrrole nitrogens is 1. The first kappa shape index (κ1) is 13.9. The number of nitrogens with zero attached hydrogens (tertiary/aromatic N) is 4. The van der Waals surface area contributed by atoms with Crippen molar-refractivity contribution < 1.29 is 4.79 Å². The van der Waals surface area contributed by atoms with Gasteiger partial charge < -0.3 is 5.32 Å². The van der Waals surface area contributed by atoms with Gasteiger partial charge in [-0.2, -0.15) is 5.10 Å². The lowest BCUT2D eigenvalue weighted by Crippen LogP contribution is -2.27. The fourth-order valence-electron chi connectivity index (χ4n) is 1.94. The van der Waals surface area contributed by atoms with Gasteiger partial charge in [-0.05, 0) is 31.2 Å². The molecular weight excluding hydrogens is 280 g/mol. The van der Waals surface area contributed by atoms with Crippen LogP contribution < -0.4 is 5.32 Å². The van der Waals surface area contributed by atoms with Crippen LogP contribution in [0.4, 0.5) is 0 Å². The summed E-state index contributed by atoms with van der Waals surface area (Å²) in [6.45, 7) is 1.84. The molecule has 3 aromatic rings. The van der Waals surface area contributed by atoms with E-state index >= 15 is 0 Å². The Kier molecular flexibility index (Phi) is 3.86. The molecule has 0 bridgehead atoms. The van der Waals surface area contributed by atoms with E-state index in [0.29, 0.717) is 17.2 Å². The van der Waals surface area contributed by atoms with E-state index in [2.05, 4.69) is 30.5 Å². The van der Waals surface area contributed by atoms with Crippen LogP contribution in [-0.2, 0) is 0 Å². The third-order valence-electron chi connectivity index (χ3n) is 3.12. The van der Waals surface area contributed by atoms with Crippen molar-refractivity contribution in [2.75, 3.05) is 0 Å². The van der Waals surface area contributed by atoms with E-state index in [1.54, 1.807) is 30.7 Å². The molecule has 1 unspecified atom stereocenters. The molecule has 7 heteroatoms. The summed E-state index contributed by atoms with van der Waals surface area (Å²) in [5.41, 5.74) is 1.37. The Morgan fingerprint density at radius 1 is 1.18 bits per heavy atom. The molecule has 1 atom stereocenters. The predicted molar refractivity (Wildman–Crippen MR) is 79.7 cm³/mol. The Hall–Kier alpha value is -3.09. The summed E-state index contributed by atoms with van der Waals surface area (Å²) >= 11 is 0. The van der Waals surface area contributed by atoms with Crippen LogP contribution in [0.2, 0.25) is 0 Å². The number of carbonyl (C=O) groups is 1. The van der Waals surface area contributed by atoms with Crippen LogP contribution in [0.5, 0.6) is 0 Å². The summed E-state index contributed by atoms with van der Waals surface area (Å²) in [6.07, 6.45) is 6.50. The lowest BCUT2D eigenvalue weighted by molar-refractivity contribution is 0.0938. The highest BCUT2D eigenvalue weighted by molar-refractivity contribution is 5.94. The smallest absolute Gasteiger partial charge is 0.253 e. The van der Waals surface area contributed by atoms with E-state index in [0.717, 1.165) is 5.56 Å². The van der Waals surface area contributed by atoms with Crippen molar-refractivity contribution in [3.8, 4) is 11.4 Å². The van der Waals surface area contributed by atoms with Crippen LogP contribution in [0.25, 0.3) is 11.4 Å². The molecule has 0 saturated heterocycles. The summed E-state index contributed by atoms with van der Waals surface area (Å²) in [5, 5.41) is 9.86. The number of nitrogens with one attached hydrogen (secondary N) is 2. The second-order valence-electron chi connectivity index (χ2n) is 4.72. The zero-order valence-electron chi connectivity index (χ0n) is 11.9. The van der Waals surface area contributed by atoms with E-state index in [4.69, 9.17) is 0 Å². The molecule has 0 saturated carbocycles. The van der Waals surface area contributed by atoms with E-state index in [-0.39, 0.29) is 11.9 Å². The Morgan fingerprint density at radius 2 is 2.00 bits per heavy atom. The van der Waals surface area contributed by atoms with Crippen molar-refractivity contribution in [1.82, 2.24) is 30.5 Å². The maximum Gasteiger partial charge on any atom is 0.253 e. The SMILES string of the molecule is CC(NC(=O)c1cccnc1)c1nc(-c2ccncc2)n[nH]1. The number of carbonyl (C=O) groups excluding carboxylic acids is 1. The van der Waals surface area contributed by atoms with Crippen molar-refractivity contribution >= 4 is 5.91 Å². The first-order valence-electron chi connectivity index (χ1n) is 6.77. The summed E-state index contributed by atoms with van der Waals surface area (Å²) < 4.78 is 0. The molecule has 0 aromatic carbocycles. The van der Waals surface area contributed by atoms with E-state index in [1.165, 1.54) is 6.20 Å². The molecule has 0 aliphatic rings. The fourth-order valence-corrected chi connectivity index (χ4v) is 1.94. The van der Waals surface area contributed by atoms with E-state index in [9.17, 15) is 4.79 Å².